The Labute approximate surface area is 116 Å². The van der Waals surface area contributed by atoms with Crippen LogP contribution in [0.5, 0.6) is 0 Å². The summed E-state index contributed by atoms with van der Waals surface area (Å²) in [6.07, 6.45) is 0. The molecule has 0 atom stereocenters. The van der Waals surface area contributed by atoms with Gasteiger partial charge in [0, 0.05) is 0 Å². The lowest BCUT2D eigenvalue weighted by molar-refractivity contribution is 0.0656. The zero-order valence-electron chi connectivity index (χ0n) is 11.1. The highest BCUT2D eigenvalue weighted by atomic mass is 32.2. The molecule has 6 heteroatoms. The zero-order valence-corrected chi connectivity index (χ0v) is 11.9. The molecule has 0 amide bonds. The van der Waals surface area contributed by atoms with Gasteiger partial charge in [-0.3, -0.25) is 0 Å². The Hall–Kier alpha value is -2.08. The molecule has 2 rings (SSSR count). The summed E-state index contributed by atoms with van der Waals surface area (Å²) in [5.41, 5.74) is 2.72. The number of aryl methyl sites for hydroxylation is 2. The van der Waals surface area contributed by atoms with Crippen LogP contribution in [-0.2, 0) is 15.6 Å². The molecule has 5 nitrogen and oxygen atoms in total. The molecule has 0 aliphatic rings. The summed E-state index contributed by atoms with van der Waals surface area (Å²) in [4.78, 5) is 10.7. The lowest BCUT2D eigenvalue weighted by atomic mass is 10.1. The summed E-state index contributed by atoms with van der Waals surface area (Å²) in [6, 6.07) is 7.69. The topological polar surface area (TPSA) is 84.6 Å². The van der Waals surface area contributed by atoms with Crippen molar-refractivity contribution in [2.75, 3.05) is 0 Å². The number of aromatic carboxylic acids is 1. The number of carbonyl (C=O) groups is 1. The normalized spacial score (nSPS) is 11.5. The maximum atomic E-state index is 12.1. The molecule has 0 unspecified atom stereocenters. The van der Waals surface area contributed by atoms with Gasteiger partial charge in [-0.1, -0.05) is 18.2 Å². The highest BCUT2D eigenvalue weighted by molar-refractivity contribution is 7.90. The minimum Gasteiger partial charge on any atom is -0.475 e. The minimum absolute atomic E-state index is 0.222. The van der Waals surface area contributed by atoms with E-state index in [1.54, 1.807) is 12.1 Å². The molecule has 1 aromatic heterocycles. The van der Waals surface area contributed by atoms with E-state index in [1.165, 1.54) is 6.07 Å². The van der Waals surface area contributed by atoms with Gasteiger partial charge in [-0.2, -0.15) is 0 Å². The minimum atomic E-state index is -3.69. The van der Waals surface area contributed by atoms with Crippen LogP contribution in [-0.4, -0.2) is 19.5 Å². The smallest absolute Gasteiger partial charge is 0.371 e. The van der Waals surface area contributed by atoms with E-state index in [-0.39, 0.29) is 16.6 Å². The summed E-state index contributed by atoms with van der Waals surface area (Å²) in [6.45, 7) is 3.85. The molecule has 20 heavy (non-hydrogen) atoms. The van der Waals surface area contributed by atoms with Gasteiger partial charge in [-0.15, -0.1) is 0 Å². The van der Waals surface area contributed by atoms with Gasteiger partial charge in [0.15, 0.2) is 0 Å². The van der Waals surface area contributed by atoms with Gasteiger partial charge in [-0.05, 0) is 42.7 Å². The molecule has 1 N–H and O–H groups in total. The Bertz CT molecular complexity index is 756. The number of hydrogen-bond acceptors (Lipinski definition) is 4. The van der Waals surface area contributed by atoms with Crippen LogP contribution in [0.25, 0.3) is 0 Å². The fourth-order valence-electron chi connectivity index (χ4n) is 1.79. The third-order valence-electron chi connectivity index (χ3n) is 3.03. The van der Waals surface area contributed by atoms with E-state index >= 15 is 0 Å². The van der Waals surface area contributed by atoms with Gasteiger partial charge in [-0.25, -0.2) is 13.2 Å². The van der Waals surface area contributed by atoms with Crippen LogP contribution in [0.15, 0.2) is 39.8 Å². The number of furan rings is 1. The van der Waals surface area contributed by atoms with Gasteiger partial charge in [0.2, 0.25) is 20.7 Å². The van der Waals surface area contributed by atoms with Crippen LogP contribution in [0.2, 0.25) is 0 Å². The molecular weight excluding hydrogens is 280 g/mol. The SMILES string of the molecule is Cc1ccc(CS(=O)(=O)c2ccc(C(=O)O)o2)cc1C. The van der Waals surface area contributed by atoms with Crippen molar-refractivity contribution < 1.29 is 22.7 Å². The molecular formula is C14H14O5S. The highest BCUT2D eigenvalue weighted by Crippen LogP contribution is 2.20. The van der Waals surface area contributed by atoms with Crippen molar-refractivity contribution in [3.63, 3.8) is 0 Å². The third-order valence-corrected chi connectivity index (χ3v) is 4.57. The van der Waals surface area contributed by atoms with E-state index < -0.39 is 15.8 Å². The lowest BCUT2D eigenvalue weighted by Crippen LogP contribution is -2.04. The van der Waals surface area contributed by atoms with Crippen molar-refractivity contribution in [1.29, 1.82) is 0 Å². The second-order valence-electron chi connectivity index (χ2n) is 4.60. The predicted molar refractivity (Wildman–Crippen MR) is 72.5 cm³/mol. The zero-order chi connectivity index (χ0) is 14.9. The maximum Gasteiger partial charge on any atom is 0.371 e. The Morgan fingerprint density at radius 2 is 1.85 bits per heavy atom. The summed E-state index contributed by atoms with van der Waals surface area (Å²) in [5.74, 6) is -1.90. The Morgan fingerprint density at radius 3 is 2.40 bits per heavy atom. The fourth-order valence-corrected chi connectivity index (χ4v) is 3.04. The predicted octanol–water partition coefficient (Wildman–Crippen LogP) is 2.57. The van der Waals surface area contributed by atoms with E-state index in [2.05, 4.69) is 0 Å². The molecule has 0 aliphatic carbocycles. The number of carboxylic acids is 1. The third kappa shape index (κ3) is 2.91. The fraction of sp³-hybridized carbons (Fsp3) is 0.214. The van der Waals surface area contributed by atoms with Crippen molar-refractivity contribution >= 4 is 15.8 Å². The molecule has 0 fully saturated rings. The van der Waals surface area contributed by atoms with Crippen LogP contribution < -0.4 is 0 Å². The molecule has 0 bridgehead atoms. The van der Waals surface area contributed by atoms with Crippen molar-refractivity contribution in [3.05, 3.63) is 52.8 Å². The first-order valence-corrected chi connectivity index (χ1v) is 7.57. The lowest BCUT2D eigenvalue weighted by Gasteiger charge is -2.05. The maximum absolute atomic E-state index is 12.1. The van der Waals surface area contributed by atoms with E-state index in [4.69, 9.17) is 9.52 Å². The number of sulfone groups is 1. The second-order valence-corrected chi connectivity index (χ2v) is 6.52. The number of rotatable bonds is 4. The Kier molecular flexibility index (Phi) is 3.67. The van der Waals surface area contributed by atoms with E-state index in [0.29, 0.717) is 5.56 Å². The molecule has 0 aliphatic heterocycles. The van der Waals surface area contributed by atoms with Gasteiger partial charge in [0.05, 0.1) is 5.75 Å². The van der Waals surface area contributed by atoms with E-state index in [0.717, 1.165) is 17.2 Å². The van der Waals surface area contributed by atoms with Crippen LogP contribution >= 0.6 is 0 Å². The summed E-state index contributed by atoms with van der Waals surface area (Å²) in [5, 5.41) is 8.41. The molecule has 0 saturated carbocycles. The average Bonchev–Trinajstić information content (AvgIpc) is 2.84. The summed E-state index contributed by atoms with van der Waals surface area (Å²) >= 11 is 0. The standard InChI is InChI=1S/C14H14O5S/c1-9-3-4-11(7-10(9)2)8-20(17,18)13-6-5-12(19-13)14(15)16/h3-7H,8H2,1-2H3,(H,15,16). The first-order chi connectivity index (χ1) is 9.29. The highest BCUT2D eigenvalue weighted by Gasteiger charge is 2.21. The number of benzene rings is 1. The van der Waals surface area contributed by atoms with Gasteiger partial charge in [0.1, 0.15) is 0 Å². The van der Waals surface area contributed by atoms with Crippen LogP contribution in [0.4, 0.5) is 0 Å². The van der Waals surface area contributed by atoms with E-state index in [9.17, 15) is 13.2 Å². The molecule has 0 radical (unpaired) electrons. The second kappa shape index (κ2) is 5.13. The van der Waals surface area contributed by atoms with Gasteiger partial charge in [0.25, 0.3) is 0 Å². The summed E-state index contributed by atoms with van der Waals surface area (Å²) < 4.78 is 29.1. The number of hydrogen-bond donors (Lipinski definition) is 1. The average molecular weight is 294 g/mol. The van der Waals surface area contributed by atoms with Gasteiger partial charge < -0.3 is 9.52 Å². The van der Waals surface area contributed by atoms with Crippen molar-refractivity contribution in [2.45, 2.75) is 24.7 Å². The molecule has 1 aromatic carbocycles. The summed E-state index contributed by atoms with van der Waals surface area (Å²) in [7, 11) is -3.69. The Morgan fingerprint density at radius 1 is 1.15 bits per heavy atom. The van der Waals surface area contributed by atoms with Gasteiger partial charge >= 0.3 is 5.97 Å². The quantitative estimate of drug-likeness (QED) is 0.936. The van der Waals surface area contributed by atoms with Crippen molar-refractivity contribution in [1.82, 2.24) is 0 Å². The van der Waals surface area contributed by atoms with E-state index in [1.807, 2.05) is 19.9 Å². The molecule has 1 heterocycles. The molecule has 2 aromatic rings. The first kappa shape index (κ1) is 14.3. The largest absolute Gasteiger partial charge is 0.475 e. The number of carboxylic acid groups (broad SMARTS) is 1. The monoisotopic (exact) mass is 294 g/mol. The van der Waals surface area contributed by atoms with Crippen LogP contribution in [0, 0.1) is 13.8 Å². The molecule has 0 spiro atoms. The Balaban J connectivity index is 2.30. The van der Waals surface area contributed by atoms with Crippen molar-refractivity contribution in [3.8, 4) is 0 Å². The van der Waals surface area contributed by atoms with Crippen LogP contribution in [0.1, 0.15) is 27.2 Å². The molecule has 0 saturated heterocycles. The molecule has 106 valence electrons. The van der Waals surface area contributed by atoms with Crippen LogP contribution in [0.3, 0.4) is 0 Å². The first-order valence-electron chi connectivity index (χ1n) is 5.91. The van der Waals surface area contributed by atoms with Crippen molar-refractivity contribution in [2.24, 2.45) is 0 Å².